The van der Waals surface area contributed by atoms with Crippen LogP contribution in [0.5, 0.6) is 0 Å². The fourth-order valence-electron chi connectivity index (χ4n) is 1.37. The molecule has 1 aromatic rings. The predicted octanol–water partition coefficient (Wildman–Crippen LogP) is 2.75. The van der Waals surface area contributed by atoms with Gasteiger partial charge in [-0.15, -0.1) is 0 Å². The Kier molecular flexibility index (Phi) is 5.92. The highest BCUT2D eigenvalue weighted by atomic mass is 35.5. The second-order valence-electron chi connectivity index (χ2n) is 3.78. The molecule has 0 fully saturated rings. The van der Waals surface area contributed by atoms with Crippen LogP contribution >= 0.6 is 23.2 Å². The summed E-state index contributed by atoms with van der Waals surface area (Å²) in [4.78, 5) is 13.8. The normalized spacial score (nSPS) is 10.9. The molecule has 0 aliphatic carbocycles. The van der Waals surface area contributed by atoms with Crippen molar-refractivity contribution in [3.05, 3.63) is 33.8 Å². The summed E-state index contributed by atoms with van der Waals surface area (Å²) in [5, 5.41) is 0.918. The van der Waals surface area contributed by atoms with Crippen LogP contribution in [0, 0.1) is 0 Å². The zero-order valence-electron chi connectivity index (χ0n) is 9.87. The van der Waals surface area contributed by atoms with E-state index in [-0.39, 0.29) is 5.78 Å². The first-order chi connectivity index (χ1) is 8.04. The van der Waals surface area contributed by atoms with Crippen molar-refractivity contribution in [1.29, 1.82) is 0 Å². The van der Waals surface area contributed by atoms with E-state index in [9.17, 15) is 4.79 Å². The number of benzene rings is 1. The number of carbonyl (C=O) groups excluding carboxylic acids is 1. The maximum atomic E-state index is 11.9. The minimum Gasteiger partial charge on any atom is -0.383 e. The van der Waals surface area contributed by atoms with E-state index in [1.807, 2.05) is 11.9 Å². The number of halogens is 2. The molecule has 0 radical (unpaired) electrons. The molecule has 0 unspecified atom stereocenters. The molecule has 0 saturated carbocycles. The van der Waals surface area contributed by atoms with Gasteiger partial charge in [0.2, 0.25) is 0 Å². The van der Waals surface area contributed by atoms with Gasteiger partial charge in [0.1, 0.15) is 0 Å². The number of ketones is 1. The lowest BCUT2D eigenvalue weighted by Crippen LogP contribution is -2.29. The fourth-order valence-corrected chi connectivity index (χ4v) is 1.89. The summed E-state index contributed by atoms with van der Waals surface area (Å²) in [6.45, 7) is 1.61. The van der Waals surface area contributed by atoms with Gasteiger partial charge < -0.3 is 4.74 Å². The van der Waals surface area contributed by atoms with E-state index >= 15 is 0 Å². The molecule has 1 aromatic carbocycles. The van der Waals surface area contributed by atoms with Crippen molar-refractivity contribution in [2.24, 2.45) is 0 Å². The summed E-state index contributed by atoms with van der Waals surface area (Å²) in [6, 6.07) is 4.89. The lowest BCUT2D eigenvalue weighted by Gasteiger charge is -2.15. The molecule has 0 aliphatic heterocycles. The molecule has 0 atom stereocenters. The highest BCUT2D eigenvalue weighted by molar-refractivity contribution is 6.36. The Morgan fingerprint density at radius 1 is 1.41 bits per heavy atom. The van der Waals surface area contributed by atoms with E-state index in [1.54, 1.807) is 25.3 Å². The second-order valence-corrected chi connectivity index (χ2v) is 4.62. The number of methoxy groups -OCH3 is 1. The maximum absolute atomic E-state index is 11.9. The second kappa shape index (κ2) is 6.97. The summed E-state index contributed by atoms with van der Waals surface area (Å²) < 4.78 is 4.94. The third-order valence-corrected chi connectivity index (χ3v) is 2.87. The molecule has 0 saturated heterocycles. The first kappa shape index (κ1) is 14.5. The maximum Gasteiger partial charge on any atom is 0.178 e. The largest absolute Gasteiger partial charge is 0.383 e. The molecule has 5 heteroatoms. The first-order valence-corrected chi connectivity index (χ1v) is 5.96. The first-order valence-electron chi connectivity index (χ1n) is 5.20. The third-order valence-electron chi connectivity index (χ3n) is 2.32. The van der Waals surface area contributed by atoms with Gasteiger partial charge in [-0.1, -0.05) is 23.2 Å². The Labute approximate surface area is 111 Å². The van der Waals surface area contributed by atoms with Crippen LogP contribution in [0.4, 0.5) is 0 Å². The van der Waals surface area contributed by atoms with E-state index in [4.69, 9.17) is 27.9 Å². The van der Waals surface area contributed by atoms with E-state index in [1.165, 1.54) is 0 Å². The van der Waals surface area contributed by atoms with E-state index in [2.05, 4.69) is 0 Å². The number of hydrogen-bond donors (Lipinski definition) is 0. The third kappa shape index (κ3) is 4.64. The van der Waals surface area contributed by atoms with Crippen LogP contribution in [0.1, 0.15) is 10.4 Å². The van der Waals surface area contributed by atoms with Crippen LogP contribution in [0.25, 0.3) is 0 Å². The standard InChI is InChI=1S/C12H15Cl2NO2/c1-15(5-6-17-2)8-12(16)10-4-3-9(13)7-11(10)14/h3-4,7H,5-6,8H2,1-2H3. The Balaban J connectivity index is 2.63. The quantitative estimate of drug-likeness (QED) is 0.748. The SMILES string of the molecule is COCCN(C)CC(=O)c1ccc(Cl)cc1Cl. The predicted molar refractivity (Wildman–Crippen MR) is 70.2 cm³/mol. The topological polar surface area (TPSA) is 29.5 Å². The summed E-state index contributed by atoms with van der Waals surface area (Å²) >= 11 is 11.7. The Morgan fingerprint density at radius 2 is 2.12 bits per heavy atom. The Morgan fingerprint density at radius 3 is 2.71 bits per heavy atom. The van der Waals surface area contributed by atoms with Crippen molar-refractivity contribution in [3.63, 3.8) is 0 Å². The zero-order valence-corrected chi connectivity index (χ0v) is 11.4. The number of hydrogen-bond acceptors (Lipinski definition) is 3. The van der Waals surface area contributed by atoms with Crippen molar-refractivity contribution in [2.75, 3.05) is 33.9 Å². The summed E-state index contributed by atoms with van der Waals surface area (Å²) in [5.41, 5.74) is 0.500. The smallest absolute Gasteiger partial charge is 0.178 e. The van der Waals surface area contributed by atoms with E-state index < -0.39 is 0 Å². The van der Waals surface area contributed by atoms with Crippen molar-refractivity contribution in [1.82, 2.24) is 4.90 Å². The van der Waals surface area contributed by atoms with Gasteiger partial charge in [0.15, 0.2) is 5.78 Å². The van der Waals surface area contributed by atoms with Crippen molar-refractivity contribution < 1.29 is 9.53 Å². The Hall–Kier alpha value is -0.610. The molecular weight excluding hydrogens is 261 g/mol. The molecular formula is C12H15Cl2NO2. The number of rotatable bonds is 6. The highest BCUT2D eigenvalue weighted by Crippen LogP contribution is 2.21. The number of Topliss-reactive ketones (excluding diaryl/α,β-unsaturated/α-hetero) is 1. The molecule has 0 heterocycles. The lowest BCUT2D eigenvalue weighted by atomic mass is 10.1. The average Bonchev–Trinajstić information content (AvgIpc) is 2.26. The van der Waals surface area contributed by atoms with Crippen molar-refractivity contribution >= 4 is 29.0 Å². The van der Waals surface area contributed by atoms with Gasteiger partial charge in [-0.25, -0.2) is 0 Å². The number of nitrogens with zero attached hydrogens (tertiary/aromatic N) is 1. The molecule has 0 N–H and O–H groups in total. The van der Waals surface area contributed by atoms with Crippen molar-refractivity contribution in [3.8, 4) is 0 Å². The molecule has 1 rings (SSSR count). The van der Waals surface area contributed by atoms with Gasteiger partial charge in [-0.2, -0.15) is 0 Å². The van der Waals surface area contributed by atoms with Crippen LogP contribution in [-0.4, -0.2) is 44.5 Å². The summed E-state index contributed by atoms with van der Waals surface area (Å²) in [6.07, 6.45) is 0. The van der Waals surface area contributed by atoms with Crippen LogP contribution in [0.2, 0.25) is 10.0 Å². The number of ether oxygens (including phenoxy) is 1. The monoisotopic (exact) mass is 275 g/mol. The fraction of sp³-hybridized carbons (Fsp3) is 0.417. The molecule has 0 bridgehead atoms. The van der Waals surface area contributed by atoms with Gasteiger partial charge in [0, 0.05) is 24.2 Å². The molecule has 0 amide bonds. The summed E-state index contributed by atoms with van der Waals surface area (Å²) in [5.74, 6) is -0.0229. The minimum atomic E-state index is -0.0229. The highest BCUT2D eigenvalue weighted by Gasteiger charge is 2.12. The van der Waals surface area contributed by atoms with Crippen LogP contribution in [0.15, 0.2) is 18.2 Å². The molecule has 17 heavy (non-hydrogen) atoms. The van der Waals surface area contributed by atoms with Gasteiger partial charge in [0.25, 0.3) is 0 Å². The molecule has 3 nitrogen and oxygen atoms in total. The average molecular weight is 276 g/mol. The van der Waals surface area contributed by atoms with Crippen molar-refractivity contribution in [2.45, 2.75) is 0 Å². The van der Waals surface area contributed by atoms with Gasteiger partial charge in [-0.05, 0) is 25.2 Å². The molecule has 0 aliphatic rings. The molecule has 94 valence electrons. The van der Waals surface area contributed by atoms with Gasteiger partial charge in [-0.3, -0.25) is 9.69 Å². The Bertz CT molecular complexity index is 396. The van der Waals surface area contributed by atoms with E-state index in [0.29, 0.717) is 35.3 Å². The van der Waals surface area contributed by atoms with Gasteiger partial charge in [0.05, 0.1) is 18.2 Å². The van der Waals surface area contributed by atoms with E-state index in [0.717, 1.165) is 0 Å². The zero-order chi connectivity index (χ0) is 12.8. The molecule has 0 aromatic heterocycles. The van der Waals surface area contributed by atoms with Gasteiger partial charge >= 0.3 is 0 Å². The van der Waals surface area contributed by atoms with Crippen LogP contribution in [-0.2, 0) is 4.74 Å². The summed E-state index contributed by atoms with van der Waals surface area (Å²) in [7, 11) is 3.49. The van der Waals surface area contributed by atoms with Crippen LogP contribution < -0.4 is 0 Å². The van der Waals surface area contributed by atoms with Crippen LogP contribution in [0.3, 0.4) is 0 Å². The number of carbonyl (C=O) groups is 1. The lowest BCUT2D eigenvalue weighted by molar-refractivity contribution is 0.0923. The number of likely N-dealkylation sites (N-methyl/N-ethyl adjacent to an activating group) is 1. The molecule has 0 spiro atoms. The minimum absolute atomic E-state index is 0.0229.